The summed E-state index contributed by atoms with van der Waals surface area (Å²) in [7, 11) is 0.402. The Kier molecular flexibility index (Phi) is 10.3. The van der Waals surface area contributed by atoms with Crippen molar-refractivity contribution in [1.82, 2.24) is 0 Å². The van der Waals surface area contributed by atoms with Gasteiger partial charge in [0.25, 0.3) is 0 Å². The van der Waals surface area contributed by atoms with E-state index >= 15 is 0 Å². The zero-order valence-electron chi connectivity index (χ0n) is 4.53. The van der Waals surface area contributed by atoms with E-state index in [1.54, 1.807) is 0 Å². The average molecular weight is 276 g/mol. The summed E-state index contributed by atoms with van der Waals surface area (Å²) in [4.78, 5) is 0. The number of rotatable bonds is 1. The predicted octanol–water partition coefficient (Wildman–Crippen LogP) is 1.75. The molecule has 0 N–H and O–H groups in total. The van der Waals surface area contributed by atoms with E-state index in [-0.39, 0.29) is 20.4 Å². The summed E-state index contributed by atoms with van der Waals surface area (Å²) in [6.07, 6.45) is 1.37. The van der Waals surface area contributed by atoms with Gasteiger partial charge in [-0.1, -0.05) is 6.92 Å². The van der Waals surface area contributed by atoms with Crippen LogP contribution in [0.15, 0.2) is 0 Å². The molecule has 0 heterocycles. The molecule has 6 heavy (non-hydrogen) atoms. The molecular weight excluding hydrogens is 265 g/mol. The van der Waals surface area contributed by atoms with Crippen LogP contribution < -0.4 is 0 Å². The van der Waals surface area contributed by atoms with Crippen LogP contribution in [0.5, 0.6) is 0 Å². The summed E-state index contributed by atoms with van der Waals surface area (Å²) < 4.78 is 0. The van der Waals surface area contributed by atoms with E-state index in [2.05, 4.69) is 20.3 Å². The third kappa shape index (κ3) is 8.92. The van der Waals surface area contributed by atoms with Crippen molar-refractivity contribution in [1.29, 1.82) is 0 Å². The Morgan fingerprint density at radius 1 is 1.33 bits per heavy atom. The van der Waals surface area contributed by atoms with Crippen LogP contribution >= 0.6 is 7.92 Å². The molecule has 0 aliphatic heterocycles. The molecule has 0 aromatic carbocycles. The van der Waals surface area contributed by atoms with Crippen LogP contribution in [0.2, 0.25) is 0 Å². The zero-order valence-corrected chi connectivity index (χ0v) is 8.14. The maximum Gasteiger partial charge on any atom is 0 e. The van der Waals surface area contributed by atoms with Gasteiger partial charge in [-0.2, -0.15) is 0 Å². The van der Waals surface area contributed by atoms with Crippen molar-refractivity contribution in [3.8, 4) is 0 Å². The van der Waals surface area contributed by atoms with Gasteiger partial charge in [0.15, 0.2) is 0 Å². The van der Waals surface area contributed by atoms with Crippen molar-refractivity contribution in [3.63, 3.8) is 0 Å². The molecule has 0 rings (SSSR count). The van der Waals surface area contributed by atoms with Crippen molar-refractivity contribution < 1.29 is 20.4 Å². The molecule has 39 valence electrons. The first-order valence-electron chi connectivity index (χ1n) is 1.92. The van der Waals surface area contributed by atoms with Gasteiger partial charge in [0, 0.05) is 20.4 Å². The molecule has 0 aliphatic carbocycles. The van der Waals surface area contributed by atoms with Crippen molar-refractivity contribution in [2.24, 2.45) is 0 Å². The Morgan fingerprint density at radius 3 is 1.50 bits per heavy atom. The zero-order chi connectivity index (χ0) is 4.28. The molecule has 0 spiro atoms. The largest absolute Gasteiger partial charge is 0.113 e. The van der Waals surface area contributed by atoms with Crippen LogP contribution in [0.4, 0.5) is 0 Å². The molecule has 0 aromatic rings. The predicted molar refractivity (Wildman–Crippen MR) is 29.3 cm³/mol. The maximum absolute atomic E-state index is 2.29. The summed E-state index contributed by atoms with van der Waals surface area (Å²) in [5, 5.41) is 0. The minimum Gasteiger partial charge on any atom is -0.113 e. The van der Waals surface area contributed by atoms with E-state index in [9.17, 15) is 0 Å². The summed E-state index contributed by atoms with van der Waals surface area (Å²) in [6.45, 7) is 6.80. The summed E-state index contributed by atoms with van der Waals surface area (Å²) in [5.41, 5.74) is 0. The first kappa shape index (κ1) is 10.2. The van der Waals surface area contributed by atoms with E-state index in [1.807, 2.05) is 0 Å². The van der Waals surface area contributed by atoms with Crippen molar-refractivity contribution >= 4 is 7.92 Å². The average Bonchev–Trinajstić information content (AvgIpc) is 1.38. The molecular formula is C4H11PRe. The van der Waals surface area contributed by atoms with Crippen LogP contribution in [0.3, 0.4) is 0 Å². The fourth-order valence-corrected chi connectivity index (χ4v) is 0. The third-order valence-electron chi connectivity index (χ3n) is 0.632. The Morgan fingerprint density at radius 2 is 1.50 bits per heavy atom. The first-order valence-corrected chi connectivity index (χ1v) is 4.34. The molecule has 0 amide bonds. The molecule has 0 unspecified atom stereocenters. The Balaban J connectivity index is 0. The minimum absolute atomic E-state index is 0. The van der Waals surface area contributed by atoms with Gasteiger partial charge in [-0.25, -0.2) is 0 Å². The number of hydrogen-bond donors (Lipinski definition) is 0. The maximum atomic E-state index is 2.29. The molecule has 0 fully saturated rings. The second-order valence-corrected chi connectivity index (χ2v) is 4.19. The first-order chi connectivity index (χ1) is 2.27. The molecule has 2 heteroatoms. The molecule has 0 bridgehead atoms. The smallest absolute Gasteiger partial charge is 0 e. The van der Waals surface area contributed by atoms with Gasteiger partial charge in [0.1, 0.15) is 0 Å². The summed E-state index contributed by atoms with van der Waals surface area (Å²) in [6, 6.07) is 0. The van der Waals surface area contributed by atoms with Crippen molar-refractivity contribution in [2.45, 2.75) is 6.92 Å². The Bertz CT molecular complexity index is 21.5. The number of hydrogen-bond acceptors (Lipinski definition) is 0. The van der Waals surface area contributed by atoms with Crippen LogP contribution in [0, 0.1) is 0 Å². The van der Waals surface area contributed by atoms with E-state index in [0.29, 0.717) is 7.92 Å². The topological polar surface area (TPSA) is 0 Å². The van der Waals surface area contributed by atoms with E-state index in [0.717, 1.165) is 0 Å². The van der Waals surface area contributed by atoms with Crippen molar-refractivity contribution in [2.75, 3.05) is 19.5 Å². The van der Waals surface area contributed by atoms with Crippen LogP contribution in [-0.2, 0) is 20.4 Å². The summed E-state index contributed by atoms with van der Waals surface area (Å²) in [5.74, 6) is 0. The molecule has 0 aliphatic rings. The molecule has 0 aromatic heterocycles. The van der Waals surface area contributed by atoms with Crippen LogP contribution in [0.25, 0.3) is 0 Å². The second kappa shape index (κ2) is 6.09. The van der Waals surface area contributed by atoms with Crippen LogP contribution in [0.1, 0.15) is 6.92 Å². The monoisotopic (exact) mass is 277 g/mol. The molecule has 0 nitrogen and oxygen atoms in total. The van der Waals surface area contributed by atoms with Gasteiger partial charge >= 0.3 is 0 Å². The van der Waals surface area contributed by atoms with Gasteiger partial charge in [-0.15, -0.1) is 7.92 Å². The Labute approximate surface area is 55.1 Å². The van der Waals surface area contributed by atoms with Gasteiger partial charge in [-0.05, 0) is 19.5 Å². The quantitative estimate of drug-likeness (QED) is 0.640. The molecule has 1 radical (unpaired) electrons. The molecule has 0 saturated heterocycles. The Hall–Kier alpha value is 1.09. The van der Waals surface area contributed by atoms with Crippen molar-refractivity contribution in [3.05, 3.63) is 0 Å². The van der Waals surface area contributed by atoms with E-state index in [1.165, 1.54) is 6.16 Å². The van der Waals surface area contributed by atoms with Gasteiger partial charge in [-0.3, -0.25) is 0 Å². The van der Waals surface area contributed by atoms with Gasteiger partial charge in [0.05, 0.1) is 0 Å². The molecule has 0 atom stereocenters. The summed E-state index contributed by atoms with van der Waals surface area (Å²) >= 11 is 0. The van der Waals surface area contributed by atoms with Crippen LogP contribution in [-0.4, -0.2) is 19.5 Å². The molecule has 0 saturated carbocycles. The third-order valence-corrected chi connectivity index (χ3v) is 1.90. The normalized spacial score (nSPS) is 8.00. The van der Waals surface area contributed by atoms with E-state index in [4.69, 9.17) is 0 Å². The SMILES string of the molecule is CCP(C)C.[Re]. The standard InChI is InChI=1S/C4H11P.Re/c1-4-5(2)3;/h4H2,1-3H3;. The van der Waals surface area contributed by atoms with Gasteiger partial charge < -0.3 is 0 Å². The fourth-order valence-electron chi connectivity index (χ4n) is 0. The van der Waals surface area contributed by atoms with E-state index < -0.39 is 0 Å². The van der Waals surface area contributed by atoms with Gasteiger partial charge in [0.2, 0.25) is 0 Å². The fraction of sp³-hybridized carbons (Fsp3) is 1.00. The second-order valence-electron chi connectivity index (χ2n) is 1.40. The minimum atomic E-state index is 0.